The van der Waals surface area contributed by atoms with Gasteiger partial charge in [0, 0.05) is 0 Å². The van der Waals surface area contributed by atoms with E-state index in [0.717, 1.165) is 0 Å². The van der Waals surface area contributed by atoms with E-state index in [-0.39, 0.29) is 0 Å². The SMILES string of the molecule is BOC(C)(C)[SH](=O)=O. The van der Waals surface area contributed by atoms with Crippen molar-refractivity contribution < 1.29 is 13.1 Å². The molecule has 5 heteroatoms. The third-order valence-corrected chi connectivity index (χ3v) is 2.00. The van der Waals surface area contributed by atoms with E-state index in [1.807, 2.05) is 0 Å². The fourth-order valence-electron chi connectivity index (χ4n) is 0.0745. The van der Waals surface area contributed by atoms with Crippen LogP contribution in [0.3, 0.4) is 0 Å². The average molecular weight is 136 g/mol. The summed E-state index contributed by atoms with van der Waals surface area (Å²) in [5, 5.41) is 0. The van der Waals surface area contributed by atoms with E-state index < -0.39 is 15.6 Å². The molecule has 0 amide bonds. The molecule has 0 radical (unpaired) electrons. The van der Waals surface area contributed by atoms with Crippen LogP contribution < -0.4 is 0 Å². The highest BCUT2D eigenvalue weighted by molar-refractivity contribution is 7.73. The Morgan fingerprint density at radius 1 is 1.50 bits per heavy atom. The van der Waals surface area contributed by atoms with Crippen molar-refractivity contribution in [1.29, 1.82) is 0 Å². The molecule has 0 atom stereocenters. The van der Waals surface area contributed by atoms with Crippen LogP contribution >= 0.6 is 0 Å². The van der Waals surface area contributed by atoms with Gasteiger partial charge in [0.25, 0.3) is 8.05 Å². The molecule has 0 N–H and O–H groups in total. The summed E-state index contributed by atoms with van der Waals surface area (Å²) in [5.74, 6) is 0. The number of hydrogen-bond acceptors (Lipinski definition) is 3. The van der Waals surface area contributed by atoms with Crippen molar-refractivity contribution in [2.24, 2.45) is 0 Å². The van der Waals surface area contributed by atoms with Crippen molar-refractivity contribution in [3.8, 4) is 0 Å². The molecule has 0 rings (SSSR count). The van der Waals surface area contributed by atoms with Crippen LogP contribution in [0.2, 0.25) is 0 Å². The van der Waals surface area contributed by atoms with Crippen LogP contribution in [0.5, 0.6) is 0 Å². The summed E-state index contributed by atoms with van der Waals surface area (Å²) in [7, 11) is -1.10. The third-order valence-electron chi connectivity index (χ3n) is 0.939. The van der Waals surface area contributed by atoms with Gasteiger partial charge >= 0.3 is 0 Å². The van der Waals surface area contributed by atoms with Gasteiger partial charge in [-0.05, 0) is 13.8 Å². The standard InChI is InChI=1S/C3H9BO3S/c1-3(2,7-4)8(5)6/h8H,4H2,1-2H3. The van der Waals surface area contributed by atoms with Crippen LogP contribution in [0.4, 0.5) is 0 Å². The van der Waals surface area contributed by atoms with Gasteiger partial charge in [-0.3, -0.25) is 0 Å². The molecule has 0 unspecified atom stereocenters. The zero-order valence-electron chi connectivity index (χ0n) is 5.17. The van der Waals surface area contributed by atoms with E-state index in [2.05, 4.69) is 4.65 Å². The highest BCUT2D eigenvalue weighted by atomic mass is 32.2. The van der Waals surface area contributed by atoms with Crippen molar-refractivity contribution in [2.75, 3.05) is 0 Å². The van der Waals surface area contributed by atoms with Crippen molar-refractivity contribution in [3.63, 3.8) is 0 Å². The van der Waals surface area contributed by atoms with Gasteiger partial charge < -0.3 is 4.65 Å². The number of thiol groups is 1. The summed E-state index contributed by atoms with van der Waals surface area (Å²) < 4.78 is 24.9. The van der Waals surface area contributed by atoms with Crippen LogP contribution in [-0.4, -0.2) is 21.4 Å². The Balaban J connectivity index is 4.13. The van der Waals surface area contributed by atoms with Gasteiger partial charge in [0.1, 0.15) is 4.93 Å². The van der Waals surface area contributed by atoms with E-state index >= 15 is 0 Å². The lowest BCUT2D eigenvalue weighted by Gasteiger charge is -2.14. The predicted octanol–water partition coefficient (Wildman–Crippen LogP) is -1.10. The lowest BCUT2D eigenvalue weighted by Crippen LogP contribution is -2.24. The molecule has 48 valence electrons. The zero-order valence-corrected chi connectivity index (χ0v) is 6.07. The molecular weight excluding hydrogens is 127 g/mol. The van der Waals surface area contributed by atoms with Crippen molar-refractivity contribution in [1.82, 2.24) is 0 Å². The second-order valence-electron chi connectivity index (χ2n) is 1.91. The average Bonchev–Trinajstić information content (AvgIpc) is 1.67. The molecule has 0 saturated carbocycles. The minimum absolute atomic E-state index is 1.00. The van der Waals surface area contributed by atoms with Crippen LogP contribution in [0, 0.1) is 0 Å². The second-order valence-corrected chi connectivity index (χ2v) is 3.50. The molecule has 0 bridgehead atoms. The van der Waals surface area contributed by atoms with E-state index in [1.54, 1.807) is 0 Å². The largest absolute Gasteiger partial charge is 0.427 e. The van der Waals surface area contributed by atoms with Crippen molar-refractivity contribution in [2.45, 2.75) is 18.8 Å². The summed E-state index contributed by atoms with van der Waals surface area (Å²) in [6.45, 7) is 3.00. The fourth-order valence-corrected chi connectivity index (χ4v) is 0.224. The smallest absolute Gasteiger partial charge is 0.259 e. The minimum Gasteiger partial charge on any atom is -0.427 e. The van der Waals surface area contributed by atoms with Crippen molar-refractivity contribution >= 4 is 18.8 Å². The molecule has 0 fully saturated rings. The summed E-state index contributed by atoms with van der Waals surface area (Å²) in [6.07, 6.45) is 0. The van der Waals surface area contributed by atoms with Crippen LogP contribution in [0.1, 0.15) is 13.8 Å². The number of hydrogen-bond donors (Lipinski definition) is 1. The summed E-state index contributed by atoms with van der Waals surface area (Å²) >= 11 is 0. The quantitative estimate of drug-likeness (QED) is 0.387. The molecule has 0 aliphatic heterocycles. The maximum atomic E-state index is 10.2. The van der Waals surface area contributed by atoms with Crippen LogP contribution in [-0.2, 0) is 15.4 Å². The Morgan fingerprint density at radius 2 is 1.88 bits per heavy atom. The Kier molecular flexibility index (Phi) is 2.49. The van der Waals surface area contributed by atoms with E-state index in [1.165, 1.54) is 21.9 Å². The molecule has 0 aromatic carbocycles. The van der Waals surface area contributed by atoms with Gasteiger partial charge in [0.15, 0.2) is 10.7 Å². The summed E-state index contributed by atoms with van der Waals surface area (Å²) in [6, 6.07) is 0. The molecule has 8 heavy (non-hydrogen) atoms. The van der Waals surface area contributed by atoms with Crippen molar-refractivity contribution in [3.05, 3.63) is 0 Å². The van der Waals surface area contributed by atoms with Gasteiger partial charge in [-0.25, -0.2) is 8.42 Å². The normalized spacial score (nSPS) is 12.4. The molecule has 0 aliphatic carbocycles. The first-order valence-electron chi connectivity index (χ1n) is 2.20. The first-order valence-corrected chi connectivity index (χ1v) is 3.38. The van der Waals surface area contributed by atoms with Gasteiger partial charge in [0.05, 0.1) is 0 Å². The molecule has 0 aromatic rings. The Labute approximate surface area is 51.4 Å². The van der Waals surface area contributed by atoms with Gasteiger partial charge in [-0.15, -0.1) is 0 Å². The number of rotatable bonds is 2. The highest BCUT2D eigenvalue weighted by Crippen LogP contribution is 2.05. The minimum atomic E-state index is -2.47. The molecule has 0 aliphatic rings. The molecule has 0 heterocycles. The van der Waals surface area contributed by atoms with Crippen LogP contribution in [0.15, 0.2) is 0 Å². The van der Waals surface area contributed by atoms with Crippen LogP contribution in [0.25, 0.3) is 0 Å². The molecular formula is C3H9BO3S. The topological polar surface area (TPSA) is 43.4 Å². The maximum absolute atomic E-state index is 10.2. The molecule has 0 saturated heterocycles. The molecule has 3 nitrogen and oxygen atoms in total. The predicted molar refractivity (Wildman–Crippen MR) is 34.0 cm³/mol. The van der Waals surface area contributed by atoms with Gasteiger partial charge in [0.2, 0.25) is 0 Å². The zero-order chi connectivity index (χ0) is 6.78. The maximum Gasteiger partial charge on any atom is 0.259 e. The lowest BCUT2D eigenvalue weighted by atomic mass is 10.4. The first-order chi connectivity index (χ1) is 3.50. The van der Waals surface area contributed by atoms with Gasteiger partial charge in [-0.2, -0.15) is 0 Å². The molecule has 0 aromatic heterocycles. The second kappa shape index (κ2) is 2.50. The Morgan fingerprint density at radius 3 is 1.88 bits per heavy atom. The highest BCUT2D eigenvalue weighted by Gasteiger charge is 2.17. The first kappa shape index (κ1) is 7.97. The Hall–Kier alpha value is -0.0251. The summed E-state index contributed by atoms with van der Waals surface area (Å²) in [4.78, 5) is -1.00. The molecule has 0 spiro atoms. The third kappa shape index (κ3) is 1.84. The fraction of sp³-hybridized carbons (Fsp3) is 1.00. The van der Waals surface area contributed by atoms with E-state index in [0.29, 0.717) is 0 Å². The monoisotopic (exact) mass is 136 g/mol. The van der Waals surface area contributed by atoms with Gasteiger partial charge in [-0.1, -0.05) is 0 Å². The lowest BCUT2D eigenvalue weighted by molar-refractivity contribution is 0.217. The van der Waals surface area contributed by atoms with E-state index in [4.69, 9.17) is 0 Å². The Bertz CT molecular complexity index is 131. The summed E-state index contributed by atoms with van der Waals surface area (Å²) in [5.41, 5.74) is 0. The van der Waals surface area contributed by atoms with E-state index in [9.17, 15) is 8.42 Å².